The van der Waals surface area contributed by atoms with E-state index in [4.69, 9.17) is 22.1 Å². The van der Waals surface area contributed by atoms with Crippen LogP contribution in [0.25, 0.3) is 0 Å². The van der Waals surface area contributed by atoms with E-state index < -0.39 is 17.4 Å². The Kier molecular flexibility index (Phi) is 6.80. The Bertz CT molecular complexity index is 1130. The fraction of sp³-hybridized carbons (Fsp3) is 0.125. The smallest absolute Gasteiger partial charge is 0.281 e. The zero-order valence-corrected chi connectivity index (χ0v) is 18.3. The Morgan fingerprint density at radius 1 is 0.781 bits per heavy atom. The van der Waals surface area contributed by atoms with Crippen LogP contribution in [0.3, 0.4) is 0 Å². The summed E-state index contributed by atoms with van der Waals surface area (Å²) in [6.45, 7) is 3.12. The average Bonchev–Trinajstić information content (AvgIpc) is 2.78. The molecule has 0 radical (unpaired) electrons. The van der Waals surface area contributed by atoms with Gasteiger partial charge in [-0.1, -0.05) is 11.6 Å². The summed E-state index contributed by atoms with van der Waals surface area (Å²) in [7, 11) is 0. The summed E-state index contributed by atoms with van der Waals surface area (Å²) in [6, 6.07) is 19.3. The summed E-state index contributed by atoms with van der Waals surface area (Å²) in [5.74, 6) is -0.805. The fourth-order valence-corrected chi connectivity index (χ4v) is 2.88. The molecule has 0 spiro atoms. The van der Waals surface area contributed by atoms with Crippen LogP contribution in [-0.4, -0.2) is 23.2 Å². The summed E-state index contributed by atoms with van der Waals surface area (Å²) in [5, 5.41) is 0.551. The largest absolute Gasteiger partial charge is 0.478 e. The van der Waals surface area contributed by atoms with Gasteiger partial charge in [-0.2, -0.15) is 0 Å². The summed E-state index contributed by atoms with van der Waals surface area (Å²) in [4.78, 5) is 37.2. The highest BCUT2D eigenvalue weighted by Crippen LogP contribution is 2.21. The number of hydrogen-bond donors (Lipinski definition) is 3. The van der Waals surface area contributed by atoms with Crippen molar-refractivity contribution >= 4 is 34.9 Å². The molecule has 0 saturated carbocycles. The van der Waals surface area contributed by atoms with Crippen LogP contribution in [0.15, 0.2) is 72.8 Å². The van der Waals surface area contributed by atoms with Crippen LogP contribution >= 0.6 is 11.6 Å². The second kappa shape index (κ2) is 9.53. The van der Waals surface area contributed by atoms with Crippen LogP contribution in [0.2, 0.25) is 5.02 Å². The average molecular weight is 452 g/mol. The molecule has 3 rings (SSSR count). The number of rotatable bonds is 6. The van der Waals surface area contributed by atoms with Gasteiger partial charge in [0.15, 0.2) is 11.4 Å². The number of nitrogens with one attached hydrogen (secondary N) is 2. The van der Waals surface area contributed by atoms with Gasteiger partial charge < -0.3 is 10.5 Å². The van der Waals surface area contributed by atoms with Gasteiger partial charge in [-0.05, 0) is 86.6 Å². The van der Waals surface area contributed by atoms with E-state index in [0.717, 1.165) is 0 Å². The van der Waals surface area contributed by atoms with Crippen molar-refractivity contribution in [2.45, 2.75) is 19.4 Å². The molecular weight excluding hydrogens is 430 g/mol. The van der Waals surface area contributed by atoms with Crippen LogP contribution in [-0.2, 0) is 4.79 Å². The highest BCUT2D eigenvalue weighted by Gasteiger charge is 2.30. The SMILES string of the molecule is CC(C)(Oc1ccc(C(=O)c2ccc(Cl)cc2)cc1)C(=O)NNC(=O)c1ccc(N)cc1. The van der Waals surface area contributed by atoms with Gasteiger partial charge in [0, 0.05) is 27.4 Å². The summed E-state index contributed by atoms with van der Waals surface area (Å²) >= 11 is 5.86. The number of carbonyl (C=O) groups excluding carboxylic acids is 3. The highest BCUT2D eigenvalue weighted by molar-refractivity contribution is 6.30. The van der Waals surface area contributed by atoms with Crippen LogP contribution in [0.5, 0.6) is 5.75 Å². The van der Waals surface area contributed by atoms with E-state index in [1.54, 1.807) is 86.6 Å². The Morgan fingerprint density at radius 3 is 1.84 bits per heavy atom. The topological polar surface area (TPSA) is 111 Å². The zero-order chi connectivity index (χ0) is 23.3. The van der Waals surface area contributed by atoms with Crippen molar-refractivity contribution in [1.29, 1.82) is 0 Å². The molecule has 0 bridgehead atoms. The minimum Gasteiger partial charge on any atom is -0.478 e. The molecule has 164 valence electrons. The Labute approximate surface area is 190 Å². The first-order chi connectivity index (χ1) is 15.2. The van der Waals surface area contributed by atoms with Crippen molar-refractivity contribution in [1.82, 2.24) is 10.9 Å². The van der Waals surface area contributed by atoms with E-state index >= 15 is 0 Å². The predicted molar refractivity (Wildman–Crippen MR) is 122 cm³/mol. The molecule has 8 heteroatoms. The molecule has 0 aliphatic carbocycles. The zero-order valence-electron chi connectivity index (χ0n) is 17.5. The monoisotopic (exact) mass is 451 g/mol. The number of amides is 2. The van der Waals surface area contributed by atoms with E-state index in [1.807, 2.05) is 0 Å². The van der Waals surface area contributed by atoms with E-state index in [0.29, 0.717) is 33.1 Å². The van der Waals surface area contributed by atoms with Gasteiger partial charge in [-0.25, -0.2) is 0 Å². The number of carbonyl (C=O) groups is 3. The van der Waals surface area contributed by atoms with E-state index in [-0.39, 0.29) is 5.78 Å². The second-order valence-corrected chi connectivity index (χ2v) is 7.94. The summed E-state index contributed by atoms with van der Waals surface area (Å²) in [6.07, 6.45) is 0. The number of ether oxygens (including phenoxy) is 1. The maximum atomic E-state index is 12.6. The molecule has 2 amide bonds. The van der Waals surface area contributed by atoms with Gasteiger partial charge in [0.1, 0.15) is 5.75 Å². The Hall–Kier alpha value is -3.84. The number of benzene rings is 3. The van der Waals surface area contributed by atoms with Gasteiger partial charge in [0.25, 0.3) is 11.8 Å². The van der Waals surface area contributed by atoms with Crippen molar-refractivity contribution in [2.24, 2.45) is 0 Å². The first kappa shape index (κ1) is 22.8. The molecule has 0 saturated heterocycles. The van der Waals surface area contributed by atoms with Crippen LogP contribution < -0.4 is 21.3 Å². The molecule has 7 nitrogen and oxygen atoms in total. The number of anilines is 1. The molecule has 0 unspecified atom stereocenters. The summed E-state index contributed by atoms with van der Waals surface area (Å²) in [5.41, 5.74) is 10.9. The predicted octanol–water partition coefficient (Wildman–Crippen LogP) is 3.77. The lowest BCUT2D eigenvalue weighted by Crippen LogP contribution is -2.53. The molecule has 4 N–H and O–H groups in total. The van der Waals surface area contributed by atoms with Gasteiger partial charge in [0.05, 0.1) is 0 Å². The van der Waals surface area contributed by atoms with E-state index in [2.05, 4.69) is 10.9 Å². The number of hydrazine groups is 1. The van der Waals surface area contributed by atoms with Gasteiger partial charge in [0.2, 0.25) is 0 Å². The van der Waals surface area contributed by atoms with Crippen molar-refractivity contribution in [3.63, 3.8) is 0 Å². The lowest BCUT2D eigenvalue weighted by molar-refractivity contribution is -0.135. The molecule has 3 aromatic carbocycles. The van der Waals surface area contributed by atoms with Crippen molar-refractivity contribution < 1.29 is 19.1 Å². The molecule has 0 atom stereocenters. The van der Waals surface area contributed by atoms with Crippen molar-refractivity contribution in [3.8, 4) is 5.75 Å². The minimum absolute atomic E-state index is 0.157. The molecule has 0 heterocycles. The number of ketones is 1. The maximum Gasteiger partial charge on any atom is 0.281 e. The van der Waals surface area contributed by atoms with Gasteiger partial charge >= 0.3 is 0 Å². The number of nitrogen functional groups attached to an aromatic ring is 1. The highest BCUT2D eigenvalue weighted by atomic mass is 35.5. The Balaban J connectivity index is 1.59. The van der Waals surface area contributed by atoms with E-state index in [1.165, 1.54) is 0 Å². The van der Waals surface area contributed by atoms with Crippen molar-refractivity contribution in [3.05, 3.63) is 94.5 Å². The van der Waals surface area contributed by atoms with E-state index in [9.17, 15) is 14.4 Å². The van der Waals surface area contributed by atoms with Crippen LogP contribution in [0.1, 0.15) is 40.1 Å². The standard InChI is InChI=1S/C24H22ClN3O4/c1-24(2,23(31)28-27-22(30)17-5-11-19(26)12-6-17)32-20-13-7-16(8-14-20)21(29)15-3-9-18(25)10-4-15/h3-14H,26H2,1-2H3,(H,27,30)(H,28,31). The third-order valence-electron chi connectivity index (χ3n) is 4.61. The molecule has 0 fully saturated rings. The number of hydrogen-bond acceptors (Lipinski definition) is 5. The third-order valence-corrected chi connectivity index (χ3v) is 4.86. The maximum absolute atomic E-state index is 12.6. The third kappa shape index (κ3) is 5.65. The summed E-state index contributed by atoms with van der Waals surface area (Å²) < 4.78 is 5.76. The van der Waals surface area contributed by atoms with Gasteiger partial charge in [-0.3, -0.25) is 25.2 Å². The van der Waals surface area contributed by atoms with Crippen LogP contribution in [0.4, 0.5) is 5.69 Å². The molecule has 3 aromatic rings. The lowest BCUT2D eigenvalue weighted by atomic mass is 10.0. The molecule has 0 aromatic heterocycles. The van der Waals surface area contributed by atoms with Crippen molar-refractivity contribution in [2.75, 3.05) is 5.73 Å². The lowest BCUT2D eigenvalue weighted by Gasteiger charge is -2.25. The number of halogens is 1. The van der Waals surface area contributed by atoms with Crippen LogP contribution in [0, 0.1) is 0 Å². The first-order valence-corrected chi connectivity index (χ1v) is 10.1. The molecular formula is C24H22ClN3O4. The molecule has 32 heavy (non-hydrogen) atoms. The second-order valence-electron chi connectivity index (χ2n) is 7.50. The fourth-order valence-electron chi connectivity index (χ4n) is 2.75. The number of nitrogens with two attached hydrogens (primary N) is 1. The quantitative estimate of drug-likeness (QED) is 0.300. The minimum atomic E-state index is -1.30. The van der Waals surface area contributed by atoms with Gasteiger partial charge in [-0.15, -0.1) is 0 Å². The first-order valence-electron chi connectivity index (χ1n) is 9.71. The Morgan fingerprint density at radius 2 is 1.28 bits per heavy atom. The normalized spacial score (nSPS) is 10.8. The molecule has 0 aliphatic heterocycles. The molecule has 0 aliphatic rings.